The lowest BCUT2D eigenvalue weighted by atomic mass is 9.68. The van der Waals surface area contributed by atoms with Crippen LogP contribution in [0.25, 0.3) is 6.08 Å². The van der Waals surface area contributed by atoms with E-state index in [1.165, 1.54) is 69.8 Å². The summed E-state index contributed by atoms with van der Waals surface area (Å²) in [6, 6.07) is 5.63. The zero-order valence-electron chi connectivity index (χ0n) is 15.3. The third-order valence-corrected chi connectivity index (χ3v) is 6.74. The van der Waals surface area contributed by atoms with Crippen LogP contribution >= 0.6 is 0 Å². The summed E-state index contributed by atoms with van der Waals surface area (Å²) in [7, 11) is 0. The van der Waals surface area contributed by atoms with E-state index in [0.717, 1.165) is 17.8 Å². The van der Waals surface area contributed by atoms with Crippen molar-refractivity contribution in [1.82, 2.24) is 0 Å². The monoisotopic (exact) mass is 328 g/mol. The number of hydrogen-bond acceptors (Lipinski definition) is 0. The summed E-state index contributed by atoms with van der Waals surface area (Å²) in [4.78, 5) is 0. The van der Waals surface area contributed by atoms with Crippen LogP contribution in [-0.2, 0) is 0 Å². The van der Waals surface area contributed by atoms with Gasteiger partial charge in [0, 0.05) is 5.56 Å². The second-order valence-electron chi connectivity index (χ2n) is 8.17. The van der Waals surface area contributed by atoms with Crippen LogP contribution in [0.4, 0.5) is 4.39 Å². The lowest BCUT2D eigenvalue weighted by molar-refractivity contribution is 0.156. The van der Waals surface area contributed by atoms with E-state index >= 15 is 0 Å². The van der Waals surface area contributed by atoms with Crippen LogP contribution in [-0.4, -0.2) is 0 Å². The van der Waals surface area contributed by atoms with Crippen LogP contribution in [0.5, 0.6) is 0 Å². The Hall–Kier alpha value is -1.11. The van der Waals surface area contributed by atoms with E-state index in [2.05, 4.69) is 13.5 Å². The maximum Gasteiger partial charge on any atom is 0.130 e. The van der Waals surface area contributed by atoms with Gasteiger partial charge in [0.1, 0.15) is 5.82 Å². The molecule has 0 amide bonds. The summed E-state index contributed by atoms with van der Waals surface area (Å²) in [6.07, 6.45) is 15.6. The van der Waals surface area contributed by atoms with E-state index in [1.54, 1.807) is 12.1 Å². The molecule has 0 bridgehead atoms. The molecule has 2 aliphatic carbocycles. The quantitative estimate of drug-likeness (QED) is 0.530. The van der Waals surface area contributed by atoms with Crippen LogP contribution in [0, 0.1) is 23.6 Å². The molecule has 2 aliphatic rings. The maximum atomic E-state index is 13.7. The van der Waals surface area contributed by atoms with E-state index in [1.807, 2.05) is 12.1 Å². The van der Waals surface area contributed by atoms with Gasteiger partial charge >= 0.3 is 0 Å². The SMILES string of the molecule is C=Cc1cc(C2CCC(C3CCC(CCC)CC3)CC2)ccc1F. The molecule has 1 aromatic carbocycles. The first-order valence-corrected chi connectivity index (χ1v) is 10.1. The zero-order valence-corrected chi connectivity index (χ0v) is 15.3. The normalized spacial score (nSPS) is 30.9. The molecular weight excluding hydrogens is 295 g/mol. The Kier molecular flexibility index (Phi) is 6.14. The lowest BCUT2D eigenvalue weighted by Gasteiger charge is -2.38. The fourth-order valence-electron chi connectivity index (χ4n) is 5.25. The van der Waals surface area contributed by atoms with Gasteiger partial charge in [-0.2, -0.15) is 0 Å². The van der Waals surface area contributed by atoms with E-state index in [9.17, 15) is 4.39 Å². The molecule has 0 atom stereocenters. The second kappa shape index (κ2) is 8.32. The highest BCUT2D eigenvalue weighted by molar-refractivity contribution is 5.49. The van der Waals surface area contributed by atoms with Crippen LogP contribution in [0.3, 0.4) is 0 Å². The topological polar surface area (TPSA) is 0 Å². The van der Waals surface area contributed by atoms with Crippen molar-refractivity contribution in [2.45, 2.75) is 77.0 Å². The maximum absolute atomic E-state index is 13.7. The fraction of sp³-hybridized carbons (Fsp3) is 0.652. The molecule has 2 saturated carbocycles. The molecule has 0 saturated heterocycles. The molecule has 0 heterocycles. The number of rotatable bonds is 5. The Bertz CT molecular complexity index is 531. The molecule has 0 unspecified atom stereocenters. The van der Waals surface area contributed by atoms with Gasteiger partial charge in [0.05, 0.1) is 0 Å². The highest BCUT2D eigenvalue weighted by atomic mass is 19.1. The molecule has 0 spiro atoms. The minimum Gasteiger partial charge on any atom is -0.206 e. The van der Waals surface area contributed by atoms with Gasteiger partial charge < -0.3 is 0 Å². The average molecular weight is 329 g/mol. The van der Waals surface area contributed by atoms with Crippen molar-refractivity contribution in [2.75, 3.05) is 0 Å². The van der Waals surface area contributed by atoms with Crippen LogP contribution < -0.4 is 0 Å². The molecule has 24 heavy (non-hydrogen) atoms. The van der Waals surface area contributed by atoms with Gasteiger partial charge in [-0.25, -0.2) is 4.39 Å². The molecule has 132 valence electrons. The lowest BCUT2D eigenvalue weighted by Crippen LogP contribution is -2.25. The van der Waals surface area contributed by atoms with Crippen molar-refractivity contribution in [2.24, 2.45) is 17.8 Å². The van der Waals surface area contributed by atoms with Crippen LogP contribution in [0.1, 0.15) is 88.2 Å². The molecule has 3 rings (SSSR count). The van der Waals surface area contributed by atoms with Gasteiger partial charge in [-0.3, -0.25) is 0 Å². The Morgan fingerprint density at radius 3 is 2.21 bits per heavy atom. The standard InChI is InChI=1S/C23H33F/c1-3-5-17-6-8-19(9-7-17)20-10-12-21(13-11-20)22-14-15-23(24)18(4-2)16-22/h4,14-17,19-21H,2-3,5-13H2,1H3. The van der Waals surface area contributed by atoms with Gasteiger partial charge in [-0.15, -0.1) is 0 Å². The fourth-order valence-corrected chi connectivity index (χ4v) is 5.25. The third kappa shape index (κ3) is 4.10. The van der Waals surface area contributed by atoms with Gasteiger partial charge in [-0.1, -0.05) is 51.3 Å². The summed E-state index contributed by atoms with van der Waals surface area (Å²) in [5.41, 5.74) is 1.97. The van der Waals surface area contributed by atoms with Gasteiger partial charge in [0.25, 0.3) is 0 Å². The Morgan fingerprint density at radius 1 is 1.00 bits per heavy atom. The van der Waals surface area contributed by atoms with Crippen LogP contribution in [0.2, 0.25) is 0 Å². The van der Waals surface area contributed by atoms with Crippen molar-refractivity contribution >= 4 is 6.08 Å². The molecule has 0 aliphatic heterocycles. The molecule has 0 radical (unpaired) electrons. The molecule has 0 nitrogen and oxygen atoms in total. The number of benzene rings is 1. The first-order chi connectivity index (χ1) is 11.7. The summed E-state index contributed by atoms with van der Waals surface area (Å²) >= 11 is 0. The van der Waals surface area contributed by atoms with Crippen molar-refractivity contribution in [1.29, 1.82) is 0 Å². The molecule has 0 aromatic heterocycles. The minimum atomic E-state index is -0.147. The summed E-state index contributed by atoms with van der Waals surface area (Å²) in [5, 5.41) is 0. The van der Waals surface area contributed by atoms with Crippen LogP contribution in [0.15, 0.2) is 24.8 Å². The predicted octanol–water partition coefficient (Wildman–Crippen LogP) is 7.35. The van der Waals surface area contributed by atoms with Crippen molar-refractivity contribution in [3.63, 3.8) is 0 Å². The predicted molar refractivity (Wildman–Crippen MR) is 102 cm³/mol. The summed E-state index contributed by atoms with van der Waals surface area (Å²) in [6.45, 7) is 6.05. The Balaban J connectivity index is 1.52. The molecular formula is C23H33F. The average Bonchev–Trinajstić information content (AvgIpc) is 2.63. The highest BCUT2D eigenvalue weighted by Gasteiger charge is 2.31. The summed E-state index contributed by atoms with van der Waals surface area (Å²) < 4.78 is 13.7. The first kappa shape index (κ1) is 17.7. The number of hydrogen-bond donors (Lipinski definition) is 0. The van der Waals surface area contributed by atoms with E-state index in [4.69, 9.17) is 0 Å². The molecule has 1 aromatic rings. The van der Waals surface area contributed by atoms with Gasteiger partial charge in [0.15, 0.2) is 0 Å². The Labute approximate surface area is 147 Å². The zero-order chi connectivity index (χ0) is 16.9. The van der Waals surface area contributed by atoms with Crippen molar-refractivity contribution < 1.29 is 4.39 Å². The van der Waals surface area contributed by atoms with E-state index < -0.39 is 0 Å². The highest BCUT2D eigenvalue weighted by Crippen LogP contribution is 2.44. The smallest absolute Gasteiger partial charge is 0.130 e. The third-order valence-electron chi connectivity index (χ3n) is 6.74. The Morgan fingerprint density at radius 2 is 1.62 bits per heavy atom. The number of halogens is 1. The van der Waals surface area contributed by atoms with Gasteiger partial charge in [-0.05, 0) is 79.9 Å². The molecule has 2 fully saturated rings. The molecule has 1 heteroatoms. The van der Waals surface area contributed by atoms with E-state index in [0.29, 0.717) is 11.5 Å². The minimum absolute atomic E-state index is 0.147. The largest absolute Gasteiger partial charge is 0.206 e. The van der Waals surface area contributed by atoms with Crippen molar-refractivity contribution in [3.05, 3.63) is 41.7 Å². The summed E-state index contributed by atoms with van der Waals surface area (Å²) in [5.74, 6) is 3.42. The van der Waals surface area contributed by atoms with Crippen molar-refractivity contribution in [3.8, 4) is 0 Å². The molecule has 0 N–H and O–H groups in total. The second-order valence-corrected chi connectivity index (χ2v) is 8.17. The first-order valence-electron chi connectivity index (χ1n) is 10.1. The van der Waals surface area contributed by atoms with Gasteiger partial charge in [0.2, 0.25) is 0 Å². The van der Waals surface area contributed by atoms with E-state index in [-0.39, 0.29) is 5.82 Å².